The number of hydrogen-bond donors (Lipinski definition) is 1. The first-order valence-corrected chi connectivity index (χ1v) is 9.02. The fraction of sp³-hybridized carbons (Fsp3) is 0.300. The van der Waals surface area contributed by atoms with Gasteiger partial charge in [0.05, 0.1) is 12.8 Å². The van der Waals surface area contributed by atoms with Crippen LogP contribution in [0.2, 0.25) is 0 Å². The zero-order valence-corrected chi connectivity index (χ0v) is 16.7. The topological polar surface area (TPSA) is 104 Å². The first-order valence-electron chi connectivity index (χ1n) is 9.02. The highest BCUT2D eigenvalue weighted by Gasteiger charge is 2.18. The Balaban J connectivity index is 1.97. The van der Waals surface area contributed by atoms with Crippen molar-refractivity contribution in [2.24, 2.45) is 14.1 Å². The molecule has 152 valence electrons. The second-order valence-corrected chi connectivity index (χ2v) is 6.40. The summed E-state index contributed by atoms with van der Waals surface area (Å²) in [5, 5.41) is 2.93. The van der Waals surface area contributed by atoms with Crippen LogP contribution in [-0.2, 0) is 25.3 Å². The van der Waals surface area contributed by atoms with E-state index < -0.39 is 17.2 Å². The standard InChI is InChI=1S/C20H22N4O5/c1-5-12-10-21-18-16(19(26)24(3)20(27)23(18)2)17(12)22-15(25)11-29-14-9-7-6-8-13(14)28-4/h6-10H,5,11H2,1-4H3,(H,21,22,25). The maximum Gasteiger partial charge on any atom is 0.332 e. The van der Waals surface area contributed by atoms with Crippen LogP contribution in [0.1, 0.15) is 12.5 Å². The van der Waals surface area contributed by atoms with Crippen molar-refractivity contribution in [3.63, 3.8) is 0 Å². The minimum absolute atomic E-state index is 0.180. The summed E-state index contributed by atoms with van der Waals surface area (Å²) in [6.07, 6.45) is 2.09. The Kier molecular flexibility index (Phi) is 5.67. The van der Waals surface area contributed by atoms with Gasteiger partial charge in [-0.3, -0.25) is 18.7 Å². The van der Waals surface area contributed by atoms with Gasteiger partial charge in [-0.25, -0.2) is 9.78 Å². The van der Waals surface area contributed by atoms with E-state index in [0.717, 1.165) is 4.57 Å². The number of rotatable bonds is 6. The van der Waals surface area contributed by atoms with Crippen LogP contribution in [-0.4, -0.2) is 33.7 Å². The highest BCUT2D eigenvalue weighted by atomic mass is 16.5. The smallest absolute Gasteiger partial charge is 0.332 e. The normalized spacial score (nSPS) is 10.8. The number of hydrogen-bond acceptors (Lipinski definition) is 6. The number of carbonyl (C=O) groups is 1. The molecule has 0 saturated carbocycles. The Morgan fingerprint density at radius 3 is 2.48 bits per heavy atom. The molecule has 2 aromatic heterocycles. The van der Waals surface area contributed by atoms with Crippen molar-refractivity contribution in [3.8, 4) is 11.5 Å². The number of methoxy groups -OCH3 is 1. The molecule has 1 aromatic carbocycles. The summed E-state index contributed by atoms with van der Waals surface area (Å²) in [5.41, 5.74) is 0.209. The predicted molar refractivity (Wildman–Crippen MR) is 109 cm³/mol. The van der Waals surface area contributed by atoms with Gasteiger partial charge in [0.2, 0.25) is 0 Å². The lowest BCUT2D eigenvalue weighted by Gasteiger charge is -2.15. The molecule has 0 radical (unpaired) electrons. The van der Waals surface area contributed by atoms with Gasteiger partial charge >= 0.3 is 5.69 Å². The summed E-state index contributed by atoms with van der Waals surface area (Å²) in [4.78, 5) is 41.7. The summed E-state index contributed by atoms with van der Waals surface area (Å²) < 4.78 is 13.0. The third-order valence-electron chi connectivity index (χ3n) is 4.62. The fourth-order valence-corrected chi connectivity index (χ4v) is 3.04. The van der Waals surface area contributed by atoms with Crippen LogP contribution < -0.4 is 26.0 Å². The molecule has 0 aliphatic carbocycles. The van der Waals surface area contributed by atoms with Gasteiger partial charge in [0, 0.05) is 20.3 Å². The third kappa shape index (κ3) is 3.71. The summed E-state index contributed by atoms with van der Waals surface area (Å²) in [6.45, 7) is 1.61. The van der Waals surface area contributed by atoms with E-state index in [4.69, 9.17) is 9.47 Å². The number of fused-ring (bicyclic) bond motifs is 1. The molecule has 0 aliphatic heterocycles. The van der Waals surface area contributed by atoms with Crippen LogP contribution >= 0.6 is 0 Å². The van der Waals surface area contributed by atoms with E-state index in [2.05, 4.69) is 10.3 Å². The van der Waals surface area contributed by atoms with Crippen molar-refractivity contribution in [1.29, 1.82) is 0 Å². The number of amides is 1. The van der Waals surface area contributed by atoms with Crippen molar-refractivity contribution in [1.82, 2.24) is 14.1 Å². The number of nitrogens with one attached hydrogen (secondary N) is 1. The van der Waals surface area contributed by atoms with Gasteiger partial charge < -0.3 is 14.8 Å². The number of aromatic nitrogens is 3. The molecule has 2 heterocycles. The molecule has 0 spiro atoms. The summed E-state index contributed by atoms with van der Waals surface area (Å²) in [6, 6.07) is 6.98. The largest absolute Gasteiger partial charge is 0.493 e. The number of pyridine rings is 1. The zero-order valence-electron chi connectivity index (χ0n) is 16.7. The Hall–Kier alpha value is -3.62. The lowest BCUT2D eigenvalue weighted by Crippen LogP contribution is -2.38. The van der Waals surface area contributed by atoms with E-state index in [1.54, 1.807) is 30.5 Å². The number of para-hydroxylation sites is 2. The second-order valence-electron chi connectivity index (χ2n) is 6.40. The number of ether oxygens (including phenoxy) is 2. The number of nitrogens with zero attached hydrogens (tertiary/aromatic N) is 3. The summed E-state index contributed by atoms with van der Waals surface area (Å²) in [5.74, 6) is 0.487. The Bertz CT molecular complexity index is 1200. The van der Waals surface area contributed by atoms with E-state index in [0.29, 0.717) is 29.2 Å². The average Bonchev–Trinajstić information content (AvgIpc) is 2.74. The molecule has 1 amide bonds. The molecule has 9 heteroatoms. The van der Waals surface area contributed by atoms with Crippen LogP contribution in [0.15, 0.2) is 40.1 Å². The first kappa shape index (κ1) is 20.1. The van der Waals surface area contributed by atoms with Gasteiger partial charge in [-0.1, -0.05) is 19.1 Å². The molecule has 3 rings (SSSR count). The van der Waals surface area contributed by atoms with Gasteiger partial charge in [0.25, 0.3) is 11.5 Å². The van der Waals surface area contributed by atoms with Gasteiger partial charge in [-0.15, -0.1) is 0 Å². The van der Waals surface area contributed by atoms with E-state index >= 15 is 0 Å². The minimum Gasteiger partial charge on any atom is -0.493 e. The number of aryl methyl sites for hydroxylation is 2. The van der Waals surface area contributed by atoms with Crippen molar-refractivity contribution in [2.75, 3.05) is 19.0 Å². The van der Waals surface area contributed by atoms with Crippen LogP contribution in [0.25, 0.3) is 11.0 Å². The monoisotopic (exact) mass is 398 g/mol. The van der Waals surface area contributed by atoms with Crippen molar-refractivity contribution < 1.29 is 14.3 Å². The van der Waals surface area contributed by atoms with Crippen molar-refractivity contribution in [2.45, 2.75) is 13.3 Å². The van der Waals surface area contributed by atoms with Crippen molar-refractivity contribution >= 4 is 22.6 Å². The average molecular weight is 398 g/mol. The lowest BCUT2D eigenvalue weighted by molar-refractivity contribution is -0.118. The van der Waals surface area contributed by atoms with E-state index in [9.17, 15) is 14.4 Å². The Morgan fingerprint density at radius 2 is 1.83 bits per heavy atom. The molecular weight excluding hydrogens is 376 g/mol. The molecule has 0 bridgehead atoms. The van der Waals surface area contributed by atoms with E-state index in [1.165, 1.54) is 25.8 Å². The van der Waals surface area contributed by atoms with Gasteiger partial charge in [-0.05, 0) is 24.1 Å². The number of benzene rings is 1. The van der Waals surface area contributed by atoms with Gasteiger partial charge in [0.15, 0.2) is 23.8 Å². The van der Waals surface area contributed by atoms with Crippen LogP contribution in [0.3, 0.4) is 0 Å². The molecule has 0 saturated heterocycles. The second kappa shape index (κ2) is 8.17. The highest BCUT2D eigenvalue weighted by molar-refractivity contribution is 6.01. The van der Waals surface area contributed by atoms with Crippen LogP contribution in [0.5, 0.6) is 11.5 Å². The van der Waals surface area contributed by atoms with Crippen LogP contribution in [0.4, 0.5) is 5.69 Å². The van der Waals surface area contributed by atoms with E-state index in [-0.39, 0.29) is 17.6 Å². The summed E-state index contributed by atoms with van der Waals surface area (Å²) >= 11 is 0. The minimum atomic E-state index is -0.521. The molecule has 3 aromatic rings. The SMILES string of the molecule is CCc1cnc2c(c1NC(=O)COc1ccccc1OC)c(=O)n(C)c(=O)n2C. The zero-order chi connectivity index (χ0) is 21.1. The maximum absolute atomic E-state index is 12.7. The maximum atomic E-state index is 12.7. The number of carbonyl (C=O) groups excluding carboxylic acids is 1. The molecule has 0 fully saturated rings. The fourth-order valence-electron chi connectivity index (χ4n) is 3.04. The Morgan fingerprint density at radius 1 is 1.14 bits per heavy atom. The molecule has 0 aliphatic rings. The van der Waals surface area contributed by atoms with Crippen molar-refractivity contribution in [3.05, 3.63) is 56.9 Å². The molecule has 9 nitrogen and oxygen atoms in total. The quantitative estimate of drug-likeness (QED) is 0.670. The van der Waals surface area contributed by atoms with Gasteiger partial charge in [-0.2, -0.15) is 0 Å². The molecule has 0 atom stereocenters. The molecule has 1 N–H and O–H groups in total. The lowest BCUT2D eigenvalue weighted by atomic mass is 10.1. The molecule has 0 unspecified atom stereocenters. The highest BCUT2D eigenvalue weighted by Crippen LogP contribution is 2.26. The molecular formula is C20H22N4O5. The van der Waals surface area contributed by atoms with Crippen LogP contribution in [0, 0.1) is 0 Å². The third-order valence-corrected chi connectivity index (χ3v) is 4.62. The first-order chi connectivity index (χ1) is 13.9. The number of anilines is 1. The molecule has 29 heavy (non-hydrogen) atoms. The summed E-state index contributed by atoms with van der Waals surface area (Å²) in [7, 11) is 4.43. The predicted octanol–water partition coefficient (Wildman–Crippen LogP) is 1.22. The van der Waals surface area contributed by atoms with E-state index in [1.807, 2.05) is 6.92 Å². The Labute approximate surface area is 166 Å². The van der Waals surface area contributed by atoms with Gasteiger partial charge in [0.1, 0.15) is 5.39 Å².